The number of hydrogen-bond acceptors (Lipinski definition) is 6. The topological polar surface area (TPSA) is 113 Å². The molecule has 158 valence electrons. The number of amides is 2. The fourth-order valence-corrected chi connectivity index (χ4v) is 4.05. The lowest BCUT2D eigenvalue weighted by molar-refractivity contribution is 0.0706. The van der Waals surface area contributed by atoms with E-state index in [1.54, 1.807) is 29.9 Å². The van der Waals surface area contributed by atoms with Gasteiger partial charge in [0.25, 0.3) is 11.8 Å². The summed E-state index contributed by atoms with van der Waals surface area (Å²) in [6.07, 6.45) is 5.73. The number of aromatic nitrogens is 1. The van der Waals surface area contributed by atoms with Crippen LogP contribution in [0.2, 0.25) is 0 Å². The smallest absolute Gasteiger partial charge is 0.274 e. The lowest BCUT2D eigenvalue weighted by Crippen LogP contribution is -2.42. The summed E-state index contributed by atoms with van der Waals surface area (Å²) in [5.74, 6) is -0.0514. The van der Waals surface area contributed by atoms with E-state index in [0.717, 1.165) is 56.3 Å². The minimum atomic E-state index is -0.511. The first kappa shape index (κ1) is 20.3. The quantitative estimate of drug-likeness (QED) is 0.440. The Morgan fingerprint density at radius 1 is 1.07 bits per heavy atom. The van der Waals surface area contributed by atoms with E-state index >= 15 is 0 Å². The Bertz CT molecular complexity index is 927. The Hall–Kier alpha value is -2.97. The first-order valence-electron chi connectivity index (χ1n) is 10.3. The summed E-state index contributed by atoms with van der Waals surface area (Å²) in [4.78, 5) is 28.3. The zero-order chi connectivity index (χ0) is 20.9. The molecule has 2 aromatic rings. The van der Waals surface area contributed by atoms with Crippen molar-refractivity contribution in [3.05, 3.63) is 58.9 Å². The van der Waals surface area contributed by atoms with Crippen LogP contribution in [0.3, 0.4) is 0 Å². The van der Waals surface area contributed by atoms with E-state index in [0.29, 0.717) is 17.0 Å². The number of fused-ring (bicyclic) bond motifs is 1. The highest BCUT2D eigenvalue weighted by molar-refractivity contribution is 5.93. The number of nitrogens with zero attached hydrogens (tertiary/aromatic N) is 1. The van der Waals surface area contributed by atoms with Crippen LogP contribution in [0, 0.1) is 0 Å². The number of rotatable bonds is 5. The highest BCUT2D eigenvalue weighted by Gasteiger charge is 2.22. The number of carbonyl (C=O) groups excluding carboxylic acids is 2. The van der Waals surface area contributed by atoms with Crippen molar-refractivity contribution in [2.75, 3.05) is 13.1 Å². The molecule has 1 atom stereocenters. The van der Waals surface area contributed by atoms with Crippen LogP contribution in [-0.4, -0.2) is 47.2 Å². The van der Waals surface area contributed by atoms with E-state index in [-0.39, 0.29) is 18.1 Å². The second-order valence-corrected chi connectivity index (χ2v) is 7.78. The molecule has 30 heavy (non-hydrogen) atoms. The normalized spacial score (nSPS) is 18.9. The minimum Gasteiger partial charge on any atom is -0.490 e. The molecule has 1 saturated heterocycles. The van der Waals surface area contributed by atoms with Crippen LogP contribution in [0.1, 0.15) is 51.2 Å². The van der Waals surface area contributed by atoms with Crippen LogP contribution in [0.4, 0.5) is 0 Å². The van der Waals surface area contributed by atoms with Crippen molar-refractivity contribution in [2.45, 2.75) is 44.2 Å². The molecule has 4 rings (SSSR count). The number of hydrogen-bond donors (Lipinski definition) is 4. The number of carbonyl (C=O) groups is 2. The van der Waals surface area contributed by atoms with Gasteiger partial charge in [-0.25, -0.2) is 5.48 Å². The third kappa shape index (κ3) is 4.77. The lowest BCUT2D eigenvalue weighted by atomic mass is 9.88. The summed E-state index contributed by atoms with van der Waals surface area (Å²) in [7, 11) is 0. The van der Waals surface area contributed by atoms with Gasteiger partial charge in [-0.05, 0) is 68.1 Å². The number of piperidine rings is 1. The van der Waals surface area contributed by atoms with Gasteiger partial charge in [-0.2, -0.15) is 0 Å². The maximum Gasteiger partial charge on any atom is 0.274 e. The van der Waals surface area contributed by atoms with Gasteiger partial charge in [0.15, 0.2) is 0 Å². The molecule has 0 bridgehead atoms. The Labute approximate surface area is 175 Å². The maximum absolute atomic E-state index is 12.5. The van der Waals surface area contributed by atoms with E-state index in [4.69, 9.17) is 9.94 Å². The zero-order valence-electron chi connectivity index (χ0n) is 16.7. The molecule has 0 radical (unpaired) electrons. The Balaban J connectivity index is 1.38. The summed E-state index contributed by atoms with van der Waals surface area (Å²) >= 11 is 0. The van der Waals surface area contributed by atoms with Crippen molar-refractivity contribution in [3.8, 4) is 5.75 Å². The van der Waals surface area contributed by atoms with E-state index in [9.17, 15) is 9.59 Å². The summed E-state index contributed by atoms with van der Waals surface area (Å²) in [6, 6.07) is 9.05. The average molecular weight is 410 g/mol. The van der Waals surface area contributed by atoms with Gasteiger partial charge in [0.2, 0.25) is 0 Å². The highest BCUT2D eigenvalue weighted by atomic mass is 16.5. The fourth-order valence-electron chi connectivity index (χ4n) is 4.05. The standard InChI is InChI=1S/C22H26N4O4/c27-21(26-29)16-2-1-15-12-18(4-3-14(15)11-16)30-19-7-10-24-20(13-19)22(28)25-17-5-8-23-9-6-17/h1-2,7,10-11,13,17-18,23,29H,3-6,8-9,12H2,(H,25,28)(H,26,27). The highest BCUT2D eigenvalue weighted by Crippen LogP contribution is 2.26. The number of aryl methyl sites for hydroxylation is 1. The summed E-state index contributed by atoms with van der Waals surface area (Å²) in [5.41, 5.74) is 4.68. The molecular formula is C22H26N4O4. The molecule has 1 fully saturated rings. The summed E-state index contributed by atoms with van der Waals surface area (Å²) in [5, 5.41) is 15.1. The fraction of sp³-hybridized carbons (Fsp3) is 0.409. The number of ether oxygens (including phenoxy) is 1. The predicted molar refractivity (Wildman–Crippen MR) is 110 cm³/mol. The van der Waals surface area contributed by atoms with Crippen molar-refractivity contribution in [1.82, 2.24) is 21.1 Å². The van der Waals surface area contributed by atoms with Crippen LogP contribution >= 0.6 is 0 Å². The Kier molecular flexibility index (Phi) is 6.25. The van der Waals surface area contributed by atoms with Crippen LogP contribution in [-0.2, 0) is 12.8 Å². The predicted octanol–water partition coefficient (Wildman–Crippen LogP) is 1.62. The third-order valence-electron chi connectivity index (χ3n) is 5.69. The van der Waals surface area contributed by atoms with E-state index in [2.05, 4.69) is 15.6 Å². The molecule has 8 heteroatoms. The molecule has 2 amide bonds. The van der Waals surface area contributed by atoms with E-state index < -0.39 is 5.91 Å². The molecule has 2 heterocycles. The molecule has 1 aliphatic heterocycles. The van der Waals surface area contributed by atoms with Crippen LogP contribution in [0.15, 0.2) is 36.5 Å². The third-order valence-corrected chi connectivity index (χ3v) is 5.69. The van der Waals surface area contributed by atoms with Gasteiger partial charge in [0.1, 0.15) is 17.5 Å². The number of hydroxylamine groups is 1. The molecule has 1 aromatic carbocycles. The molecule has 1 unspecified atom stereocenters. The first-order valence-corrected chi connectivity index (χ1v) is 10.3. The summed E-state index contributed by atoms with van der Waals surface area (Å²) in [6.45, 7) is 1.83. The SMILES string of the molecule is O=C(NO)c1ccc2c(c1)CCC(Oc1ccnc(C(=O)NC3CCNCC3)c1)C2. The van der Waals surface area contributed by atoms with Crippen molar-refractivity contribution in [1.29, 1.82) is 0 Å². The largest absolute Gasteiger partial charge is 0.490 e. The molecular weight excluding hydrogens is 384 g/mol. The van der Waals surface area contributed by atoms with Gasteiger partial charge in [-0.3, -0.25) is 19.8 Å². The average Bonchev–Trinajstić information content (AvgIpc) is 2.79. The maximum atomic E-state index is 12.5. The number of pyridine rings is 1. The Morgan fingerprint density at radius 3 is 2.70 bits per heavy atom. The minimum absolute atomic E-state index is 0.0160. The van der Waals surface area contributed by atoms with Gasteiger partial charge in [-0.15, -0.1) is 0 Å². The van der Waals surface area contributed by atoms with Gasteiger partial charge in [0.05, 0.1) is 0 Å². The Morgan fingerprint density at radius 2 is 1.90 bits per heavy atom. The second-order valence-electron chi connectivity index (χ2n) is 7.78. The van der Waals surface area contributed by atoms with Gasteiger partial charge < -0.3 is 15.4 Å². The monoisotopic (exact) mass is 410 g/mol. The van der Waals surface area contributed by atoms with Crippen LogP contribution in [0.5, 0.6) is 5.75 Å². The molecule has 2 aliphatic rings. The number of nitrogens with one attached hydrogen (secondary N) is 3. The zero-order valence-corrected chi connectivity index (χ0v) is 16.7. The van der Waals surface area contributed by atoms with Gasteiger partial charge >= 0.3 is 0 Å². The number of benzene rings is 1. The van der Waals surface area contributed by atoms with Crippen molar-refractivity contribution in [2.24, 2.45) is 0 Å². The van der Waals surface area contributed by atoms with Gasteiger partial charge in [-0.1, -0.05) is 6.07 Å². The molecule has 8 nitrogen and oxygen atoms in total. The van der Waals surface area contributed by atoms with Crippen molar-refractivity contribution < 1.29 is 19.5 Å². The van der Waals surface area contributed by atoms with Crippen molar-refractivity contribution >= 4 is 11.8 Å². The van der Waals surface area contributed by atoms with E-state index in [1.165, 1.54) is 0 Å². The van der Waals surface area contributed by atoms with Crippen molar-refractivity contribution in [3.63, 3.8) is 0 Å². The second kappa shape index (κ2) is 9.23. The first-order chi connectivity index (χ1) is 14.6. The van der Waals surface area contributed by atoms with Crippen LogP contribution < -0.4 is 20.9 Å². The van der Waals surface area contributed by atoms with Crippen LogP contribution in [0.25, 0.3) is 0 Å². The molecule has 1 aromatic heterocycles. The molecule has 0 spiro atoms. The van der Waals surface area contributed by atoms with Gasteiger partial charge in [0, 0.05) is 30.3 Å². The van der Waals surface area contributed by atoms with E-state index in [1.807, 2.05) is 12.1 Å². The molecule has 1 aliphatic carbocycles. The summed E-state index contributed by atoms with van der Waals surface area (Å²) < 4.78 is 6.14. The molecule has 0 saturated carbocycles. The molecule has 4 N–H and O–H groups in total. The lowest BCUT2D eigenvalue weighted by Gasteiger charge is -2.26.